The van der Waals surface area contributed by atoms with Crippen molar-refractivity contribution in [3.8, 4) is 0 Å². The minimum absolute atomic E-state index is 0.124. The van der Waals surface area contributed by atoms with Gasteiger partial charge in [0.25, 0.3) is 0 Å². The van der Waals surface area contributed by atoms with E-state index >= 15 is 0 Å². The van der Waals surface area contributed by atoms with Gasteiger partial charge in [-0.3, -0.25) is 4.79 Å². The molecule has 1 saturated carbocycles. The highest BCUT2D eigenvalue weighted by molar-refractivity contribution is 7.15. The monoisotopic (exact) mass is 364 g/mol. The third-order valence-electron chi connectivity index (χ3n) is 5.76. The molecule has 3 heterocycles. The van der Waals surface area contributed by atoms with Crippen LogP contribution >= 0.6 is 11.3 Å². The molecule has 1 aliphatic carbocycles. The number of nitrogens with one attached hydrogen (secondary N) is 1. The van der Waals surface area contributed by atoms with E-state index in [0.717, 1.165) is 50.7 Å². The van der Waals surface area contributed by atoms with Gasteiger partial charge < -0.3 is 20.2 Å². The molecule has 3 aliphatic rings. The lowest BCUT2D eigenvalue weighted by molar-refractivity contribution is -0.133. The van der Waals surface area contributed by atoms with Crippen LogP contribution in [0.15, 0.2) is 0 Å². The van der Waals surface area contributed by atoms with Crippen LogP contribution in [0.4, 0.5) is 5.13 Å². The van der Waals surface area contributed by atoms with Crippen LogP contribution in [0.2, 0.25) is 0 Å². The van der Waals surface area contributed by atoms with Crippen molar-refractivity contribution in [2.75, 3.05) is 37.7 Å². The van der Waals surface area contributed by atoms with E-state index < -0.39 is 0 Å². The van der Waals surface area contributed by atoms with Crippen molar-refractivity contribution >= 4 is 22.4 Å². The fourth-order valence-electron chi connectivity index (χ4n) is 4.24. The number of aromatic nitrogens is 1. The van der Waals surface area contributed by atoms with Crippen molar-refractivity contribution in [1.29, 1.82) is 0 Å². The summed E-state index contributed by atoms with van der Waals surface area (Å²) in [6, 6.07) is 0.124. The van der Waals surface area contributed by atoms with E-state index in [9.17, 15) is 9.90 Å². The summed E-state index contributed by atoms with van der Waals surface area (Å²) in [4.78, 5) is 23.0. The number of fused-ring (bicyclic) bond motifs is 1. The van der Waals surface area contributed by atoms with Crippen molar-refractivity contribution in [2.24, 2.45) is 5.92 Å². The maximum absolute atomic E-state index is 12.6. The fraction of sp³-hybridized carbons (Fsp3) is 0.778. The first-order chi connectivity index (χ1) is 12.2. The average Bonchev–Trinajstić information content (AvgIpc) is 3.30. The second kappa shape index (κ2) is 7.60. The first-order valence-corrected chi connectivity index (χ1v) is 10.4. The highest BCUT2D eigenvalue weighted by Gasteiger charge is 2.28. The van der Waals surface area contributed by atoms with E-state index in [-0.39, 0.29) is 12.6 Å². The Balaban J connectivity index is 1.39. The van der Waals surface area contributed by atoms with Crippen molar-refractivity contribution in [1.82, 2.24) is 15.2 Å². The molecule has 0 unspecified atom stereocenters. The van der Waals surface area contributed by atoms with Gasteiger partial charge >= 0.3 is 0 Å². The quantitative estimate of drug-likeness (QED) is 0.845. The lowest BCUT2D eigenvalue weighted by atomic mass is 10.0. The van der Waals surface area contributed by atoms with E-state index in [1.807, 2.05) is 4.90 Å². The Morgan fingerprint density at radius 2 is 2.16 bits per heavy atom. The molecule has 1 amide bonds. The Labute approximate surface area is 153 Å². The number of nitrogens with zero attached hydrogens (tertiary/aromatic N) is 3. The molecule has 1 aromatic heterocycles. The first-order valence-electron chi connectivity index (χ1n) is 9.58. The van der Waals surface area contributed by atoms with Gasteiger partial charge in [-0.15, -0.1) is 0 Å². The predicted molar refractivity (Wildman–Crippen MR) is 98.9 cm³/mol. The Morgan fingerprint density at radius 1 is 1.32 bits per heavy atom. The van der Waals surface area contributed by atoms with Crippen molar-refractivity contribution in [2.45, 2.75) is 51.1 Å². The van der Waals surface area contributed by atoms with Crippen LogP contribution in [0.25, 0.3) is 0 Å². The highest BCUT2D eigenvalue weighted by Crippen LogP contribution is 2.33. The standard InChI is InChI=1S/C18H28N4O2S/c23-12-14-10-22(8-6-19-14)18-20-15-5-7-21(11-16(15)25-18)17(24)9-13-3-1-2-4-13/h13-14,19,23H,1-12H2/t14-/m1/s1. The maximum Gasteiger partial charge on any atom is 0.223 e. The molecule has 7 heteroatoms. The maximum atomic E-state index is 12.6. The fourth-order valence-corrected chi connectivity index (χ4v) is 5.40. The second-order valence-electron chi connectivity index (χ2n) is 7.57. The smallest absolute Gasteiger partial charge is 0.223 e. The van der Waals surface area contributed by atoms with Gasteiger partial charge in [0.15, 0.2) is 5.13 Å². The van der Waals surface area contributed by atoms with Crippen LogP contribution in [0, 0.1) is 5.92 Å². The summed E-state index contributed by atoms with van der Waals surface area (Å²) >= 11 is 1.73. The van der Waals surface area contributed by atoms with Crippen LogP contribution in [-0.2, 0) is 17.8 Å². The lowest BCUT2D eigenvalue weighted by Gasteiger charge is -2.32. The van der Waals surface area contributed by atoms with Crippen molar-refractivity contribution < 1.29 is 9.90 Å². The highest BCUT2D eigenvalue weighted by atomic mass is 32.1. The van der Waals surface area contributed by atoms with E-state index in [0.29, 0.717) is 11.8 Å². The molecule has 0 spiro atoms. The van der Waals surface area contributed by atoms with Gasteiger partial charge in [-0.2, -0.15) is 0 Å². The van der Waals surface area contributed by atoms with E-state index in [1.54, 1.807) is 11.3 Å². The van der Waals surface area contributed by atoms with Gasteiger partial charge in [-0.05, 0) is 18.8 Å². The number of rotatable bonds is 4. The molecule has 2 N–H and O–H groups in total. The number of carbonyl (C=O) groups is 1. The Bertz CT molecular complexity index is 614. The minimum Gasteiger partial charge on any atom is -0.395 e. The van der Waals surface area contributed by atoms with Gasteiger partial charge in [0.1, 0.15) is 0 Å². The number of amides is 1. The molecule has 0 radical (unpaired) electrons. The number of anilines is 1. The molecular formula is C18H28N4O2S. The Morgan fingerprint density at radius 3 is 2.96 bits per heavy atom. The molecule has 25 heavy (non-hydrogen) atoms. The molecular weight excluding hydrogens is 336 g/mol. The number of hydrogen-bond acceptors (Lipinski definition) is 6. The van der Waals surface area contributed by atoms with E-state index in [4.69, 9.17) is 4.98 Å². The number of thiazole rings is 1. The van der Waals surface area contributed by atoms with Crippen LogP contribution in [0.3, 0.4) is 0 Å². The summed E-state index contributed by atoms with van der Waals surface area (Å²) in [7, 11) is 0. The number of carbonyl (C=O) groups excluding carboxylic acids is 1. The average molecular weight is 365 g/mol. The minimum atomic E-state index is 0.124. The number of aliphatic hydroxyl groups excluding tert-OH is 1. The first kappa shape index (κ1) is 17.2. The van der Waals surface area contributed by atoms with Crippen LogP contribution in [0.5, 0.6) is 0 Å². The van der Waals surface area contributed by atoms with Crippen molar-refractivity contribution in [3.63, 3.8) is 0 Å². The zero-order valence-corrected chi connectivity index (χ0v) is 15.6. The van der Waals surface area contributed by atoms with Gasteiger partial charge in [0, 0.05) is 49.9 Å². The Hall–Kier alpha value is -1.18. The predicted octanol–water partition coefficient (Wildman–Crippen LogP) is 1.38. The van der Waals surface area contributed by atoms with Gasteiger partial charge in [-0.1, -0.05) is 24.2 Å². The summed E-state index contributed by atoms with van der Waals surface area (Å²) in [5.41, 5.74) is 1.17. The normalized spacial score (nSPS) is 24.6. The summed E-state index contributed by atoms with van der Waals surface area (Å²) < 4.78 is 0. The zero-order valence-electron chi connectivity index (χ0n) is 14.7. The molecule has 0 bridgehead atoms. The third-order valence-corrected chi connectivity index (χ3v) is 6.90. The summed E-state index contributed by atoms with van der Waals surface area (Å²) in [6.45, 7) is 4.30. The molecule has 0 aromatic carbocycles. The summed E-state index contributed by atoms with van der Waals surface area (Å²) in [5, 5.41) is 13.8. The van der Waals surface area contributed by atoms with E-state index in [2.05, 4.69) is 10.2 Å². The summed E-state index contributed by atoms with van der Waals surface area (Å²) in [6.07, 6.45) is 6.64. The number of hydrogen-bond donors (Lipinski definition) is 2. The van der Waals surface area contributed by atoms with E-state index in [1.165, 1.54) is 36.3 Å². The molecule has 1 saturated heterocycles. The molecule has 1 aromatic rings. The van der Waals surface area contributed by atoms with Gasteiger partial charge in [0.2, 0.25) is 5.91 Å². The second-order valence-corrected chi connectivity index (χ2v) is 8.63. The largest absolute Gasteiger partial charge is 0.395 e. The molecule has 2 aliphatic heterocycles. The number of piperazine rings is 1. The Kier molecular flexibility index (Phi) is 5.24. The zero-order chi connectivity index (χ0) is 17.2. The van der Waals surface area contributed by atoms with Crippen LogP contribution in [-0.4, -0.2) is 59.7 Å². The molecule has 1 atom stereocenters. The van der Waals surface area contributed by atoms with Gasteiger partial charge in [0.05, 0.1) is 18.8 Å². The van der Waals surface area contributed by atoms with Gasteiger partial charge in [-0.25, -0.2) is 4.98 Å². The molecule has 2 fully saturated rings. The van der Waals surface area contributed by atoms with Crippen LogP contribution < -0.4 is 10.2 Å². The van der Waals surface area contributed by atoms with Crippen LogP contribution in [0.1, 0.15) is 42.7 Å². The van der Waals surface area contributed by atoms with Crippen molar-refractivity contribution in [3.05, 3.63) is 10.6 Å². The third kappa shape index (κ3) is 3.83. The SMILES string of the molecule is O=C(CC1CCCC1)N1CCc2nc(N3CCN[C@@H](CO)C3)sc2C1. The topological polar surface area (TPSA) is 68.7 Å². The summed E-state index contributed by atoms with van der Waals surface area (Å²) in [5.74, 6) is 0.942. The molecule has 4 rings (SSSR count). The lowest BCUT2D eigenvalue weighted by Crippen LogP contribution is -2.52. The number of aliphatic hydroxyl groups is 1. The molecule has 6 nitrogen and oxygen atoms in total. The molecule has 138 valence electrons.